The molecule has 0 aliphatic carbocycles. The number of ether oxygens (including phenoxy) is 1. The molecule has 0 bridgehead atoms. The molecule has 0 unspecified atom stereocenters. The Balaban J connectivity index is 1.63. The van der Waals surface area contributed by atoms with Crippen LogP contribution in [0.1, 0.15) is 15.9 Å². The van der Waals surface area contributed by atoms with Gasteiger partial charge in [-0.2, -0.15) is 0 Å². The van der Waals surface area contributed by atoms with Gasteiger partial charge in [-0.25, -0.2) is 4.79 Å². The van der Waals surface area contributed by atoms with Gasteiger partial charge in [0, 0.05) is 18.0 Å². The number of rotatable bonds is 4. The minimum Gasteiger partial charge on any atom is -0.457 e. The lowest BCUT2D eigenvalue weighted by Crippen LogP contribution is -2.05. The third-order valence-electron chi connectivity index (χ3n) is 3.13. The fraction of sp³-hybridized carbons (Fsp3) is 0.0556. The molecule has 0 N–H and O–H groups in total. The molecule has 0 fully saturated rings. The predicted molar refractivity (Wildman–Crippen MR) is 83.0 cm³/mol. The van der Waals surface area contributed by atoms with E-state index in [9.17, 15) is 4.79 Å². The van der Waals surface area contributed by atoms with E-state index in [2.05, 4.69) is 9.97 Å². The van der Waals surface area contributed by atoms with E-state index in [0.29, 0.717) is 5.56 Å². The lowest BCUT2D eigenvalue weighted by Gasteiger charge is -2.05. The van der Waals surface area contributed by atoms with Gasteiger partial charge in [0.15, 0.2) is 0 Å². The van der Waals surface area contributed by atoms with Crippen LogP contribution in [0.15, 0.2) is 73.1 Å². The van der Waals surface area contributed by atoms with Crippen LogP contribution in [0.2, 0.25) is 0 Å². The number of aromatic nitrogens is 2. The fourth-order valence-corrected chi connectivity index (χ4v) is 1.98. The monoisotopic (exact) mass is 290 g/mol. The first kappa shape index (κ1) is 13.9. The van der Waals surface area contributed by atoms with Crippen LogP contribution >= 0.6 is 0 Å². The second kappa shape index (κ2) is 6.63. The normalized spacial score (nSPS) is 10.2. The molecule has 1 aromatic carbocycles. The van der Waals surface area contributed by atoms with Crippen LogP contribution in [-0.4, -0.2) is 15.9 Å². The second-order valence-corrected chi connectivity index (χ2v) is 4.71. The number of carbonyl (C=O) groups excluding carboxylic acids is 1. The zero-order valence-electron chi connectivity index (χ0n) is 11.8. The van der Waals surface area contributed by atoms with Crippen LogP contribution in [0.25, 0.3) is 11.4 Å². The Bertz CT molecular complexity index is 741. The van der Waals surface area contributed by atoms with Crippen molar-refractivity contribution in [1.29, 1.82) is 0 Å². The molecule has 3 rings (SSSR count). The van der Waals surface area contributed by atoms with E-state index in [0.717, 1.165) is 17.0 Å². The van der Waals surface area contributed by atoms with Gasteiger partial charge in [0.05, 0.1) is 17.0 Å². The summed E-state index contributed by atoms with van der Waals surface area (Å²) in [4.78, 5) is 20.4. The SMILES string of the molecule is O=C(OCc1ccc(-c2ccccn2)nc1)c1ccccc1. The molecule has 2 aromatic heterocycles. The van der Waals surface area contributed by atoms with Gasteiger partial charge in [0.2, 0.25) is 0 Å². The Morgan fingerprint density at radius 1 is 0.864 bits per heavy atom. The van der Waals surface area contributed by atoms with Crippen molar-refractivity contribution in [3.63, 3.8) is 0 Å². The summed E-state index contributed by atoms with van der Waals surface area (Å²) in [6.45, 7) is 0.198. The number of hydrogen-bond donors (Lipinski definition) is 0. The minimum absolute atomic E-state index is 0.198. The molecule has 22 heavy (non-hydrogen) atoms. The average molecular weight is 290 g/mol. The van der Waals surface area contributed by atoms with Gasteiger partial charge in [-0.05, 0) is 30.3 Å². The summed E-state index contributed by atoms with van der Waals surface area (Å²) in [5.41, 5.74) is 2.98. The highest BCUT2D eigenvalue weighted by Gasteiger charge is 2.07. The van der Waals surface area contributed by atoms with Gasteiger partial charge in [-0.15, -0.1) is 0 Å². The molecule has 0 saturated heterocycles. The quantitative estimate of drug-likeness (QED) is 0.690. The molecule has 4 nitrogen and oxygen atoms in total. The first-order chi connectivity index (χ1) is 10.8. The molecule has 0 spiro atoms. The van der Waals surface area contributed by atoms with Crippen molar-refractivity contribution in [3.05, 3.63) is 84.2 Å². The van der Waals surface area contributed by atoms with Crippen molar-refractivity contribution in [2.75, 3.05) is 0 Å². The van der Waals surface area contributed by atoms with Crippen molar-refractivity contribution in [1.82, 2.24) is 9.97 Å². The van der Waals surface area contributed by atoms with E-state index in [1.54, 1.807) is 36.7 Å². The van der Waals surface area contributed by atoms with Crippen LogP contribution in [0, 0.1) is 0 Å². The Labute approximate surface area is 128 Å². The average Bonchev–Trinajstić information content (AvgIpc) is 2.61. The molecule has 4 heteroatoms. The number of benzene rings is 1. The number of pyridine rings is 2. The number of hydrogen-bond acceptors (Lipinski definition) is 4. The number of esters is 1. The molecule has 0 aliphatic heterocycles. The second-order valence-electron chi connectivity index (χ2n) is 4.71. The van der Waals surface area contributed by atoms with Gasteiger partial charge in [0.1, 0.15) is 6.61 Å². The summed E-state index contributed by atoms with van der Waals surface area (Å²) in [5, 5.41) is 0. The number of carbonyl (C=O) groups is 1. The first-order valence-electron chi connectivity index (χ1n) is 6.91. The molecule has 108 valence electrons. The van der Waals surface area contributed by atoms with Crippen LogP contribution in [-0.2, 0) is 11.3 Å². The van der Waals surface area contributed by atoms with Gasteiger partial charge >= 0.3 is 5.97 Å². The topological polar surface area (TPSA) is 52.1 Å². The van der Waals surface area contributed by atoms with Crippen molar-refractivity contribution in [2.45, 2.75) is 6.61 Å². The summed E-state index contributed by atoms with van der Waals surface area (Å²) >= 11 is 0. The summed E-state index contributed by atoms with van der Waals surface area (Å²) in [5.74, 6) is -0.339. The highest BCUT2D eigenvalue weighted by molar-refractivity contribution is 5.89. The van der Waals surface area contributed by atoms with Crippen LogP contribution in [0.4, 0.5) is 0 Å². The summed E-state index contributed by atoms with van der Waals surface area (Å²) < 4.78 is 5.27. The van der Waals surface area contributed by atoms with Crippen molar-refractivity contribution in [3.8, 4) is 11.4 Å². The lowest BCUT2D eigenvalue weighted by molar-refractivity contribution is 0.0472. The largest absolute Gasteiger partial charge is 0.457 e. The fourth-order valence-electron chi connectivity index (χ4n) is 1.98. The molecule has 3 aromatic rings. The smallest absolute Gasteiger partial charge is 0.338 e. The zero-order chi connectivity index (χ0) is 15.2. The van der Waals surface area contributed by atoms with Crippen LogP contribution < -0.4 is 0 Å². The molecule has 0 atom stereocenters. The third kappa shape index (κ3) is 3.35. The maximum atomic E-state index is 11.9. The summed E-state index contributed by atoms with van der Waals surface area (Å²) in [6.07, 6.45) is 3.43. The predicted octanol–water partition coefficient (Wildman–Crippen LogP) is 3.50. The standard InChI is InChI=1S/C18H14N2O2/c21-18(15-6-2-1-3-7-15)22-13-14-9-10-17(20-12-14)16-8-4-5-11-19-16/h1-12H,13H2. The molecule has 0 saturated carbocycles. The lowest BCUT2D eigenvalue weighted by atomic mass is 10.2. The zero-order valence-corrected chi connectivity index (χ0v) is 11.8. The van der Waals surface area contributed by atoms with E-state index in [-0.39, 0.29) is 12.6 Å². The molecule has 0 amide bonds. The molecular formula is C18H14N2O2. The van der Waals surface area contributed by atoms with Gasteiger partial charge < -0.3 is 4.74 Å². The van der Waals surface area contributed by atoms with Crippen LogP contribution in [0.3, 0.4) is 0 Å². The Morgan fingerprint density at radius 2 is 1.64 bits per heavy atom. The van der Waals surface area contributed by atoms with Crippen molar-refractivity contribution < 1.29 is 9.53 Å². The highest BCUT2D eigenvalue weighted by atomic mass is 16.5. The number of nitrogens with zero attached hydrogens (tertiary/aromatic N) is 2. The van der Waals surface area contributed by atoms with E-state index in [1.807, 2.05) is 36.4 Å². The first-order valence-corrected chi connectivity index (χ1v) is 6.91. The Hall–Kier alpha value is -3.01. The maximum Gasteiger partial charge on any atom is 0.338 e. The Kier molecular flexibility index (Phi) is 4.20. The van der Waals surface area contributed by atoms with Gasteiger partial charge in [-0.3, -0.25) is 9.97 Å². The van der Waals surface area contributed by atoms with E-state index in [4.69, 9.17) is 4.74 Å². The summed E-state index contributed by atoms with van der Waals surface area (Å²) in [7, 11) is 0. The highest BCUT2D eigenvalue weighted by Crippen LogP contribution is 2.14. The van der Waals surface area contributed by atoms with E-state index >= 15 is 0 Å². The Morgan fingerprint density at radius 3 is 2.32 bits per heavy atom. The third-order valence-corrected chi connectivity index (χ3v) is 3.13. The van der Waals surface area contributed by atoms with Crippen molar-refractivity contribution in [2.24, 2.45) is 0 Å². The van der Waals surface area contributed by atoms with Gasteiger partial charge in [-0.1, -0.05) is 30.3 Å². The van der Waals surface area contributed by atoms with E-state index in [1.165, 1.54) is 0 Å². The molecular weight excluding hydrogens is 276 g/mol. The van der Waals surface area contributed by atoms with E-state index < -0.39 is 0 Å². The van der Waals surface area contributed by atoms with Gasteiger partial charge in [0.25, 0.3) is 0 Å². The minimum atomic E-state index is -0.339. The molecule has 2 heterocycles. The maximum absolute atomic E-state index is 11.9. The molecule has 0 aliphatic rings. The molecule has 0 radical (unpaired) electrons. The van der Waals surface area contributed by atoms with Crippen molar-refractivity contribution >= 4 is 5.97 Å². The van der Waals surface area contributed by atoms with Crippen LogP contribution in [0.5, 0.6) is 0 Å². The summed E-state index contributed by atoms with van der Waals surface area (Å²) in [6, 6.07) is 18.4.